The fourth-order valence-electron chi connectivity index (χ4n) is 1.33. The maximum Gasteiger partial charge on any atom is 0.119 e. The van der Waals surface area contributed by atoms with Crippen LogP contribution in [-0.4, -0.2) is 19.7 Å². The van der Waals surface area contributed by atoms with Gasteiger partial charge < -0.3 is 10.1 Å². The summed E-state index contributed by atoms with van der Waals surface area (Å²) in [6, 6.07) is 9.93. The highest BCUT2D eigenvalue weighted by atomic mass is 16.5. The number of benzene rings is 1. The van der Waals surface area contributed by atoms with Gasteiger partial charge in [0, 0.05) is 0 Å². The van der Waals surface area contributed by atoms with E-state index in [9.17, 15) is 0 Å². The molecule has 88 valence electrons. The minimum Gasteiger partial charge on any atom is -0.494 e. The standard InChI is InChI=1S/C14H21NO/c1-13(2)9-11-15-10-6-12-16-14-7-4-3-5-8-14/h3-5,7-8,15H,1,6,9-12H2,2H3. The van der Waals surface area contributed by atoms with Crippen LogP contribution in [0.2, 0.25) is 0 Å². The van der Waals surface area contributed by atoms with Crippen LogP contribution < -0.4 is 10.1 Å². The zero-order valence-electron chi connectivity index (χ0n) is 10.0. The Kier molecular flexibility index (Phi) is 6.35. The van der Waals surface area contributed by atoms with Gasteiger partial charge in [-0.05, 0) is 45.0 Å². The predicted molar refractivity (Wildman–Crippen MR) is 68.9 cm³/mol. The van der Waals surface area contributed by atoms with Crippen molar-refractivity contribution in [3.63, 3.8) is 0 Å². The average molecular weight is 219 g/mol. The van der Waals surface area contributed by atoms with E-state index in [1.165, 1.54) is 5.57 Å². The molecule has 2 heteroatoms. The second-order valence-corrected chi connectivity index (χ2v) is 3.97. The van der Waals surface area contributed by atoms with E-state index >= 15 is 0 Å². The molecule has 0 aliphatic carbocycles. The molecule has 0 aliphatic rings. The third kappa shape index (κ3) is 6.25. The summed E-state index contributed by atoms with van der Waals surface area (Å²) in [5.74, 6) is 0.949. The Morgan fingerprint density at radius 2 is 2.00 bits per heavy atom. The van der Waals surface area contributed by atoms with Gasteiger partial charge in [0.1, 0.15) is 5.75 Å². The van der Waals surface area contributed by atoms with Crippen LogP contribution in [0.15, 0.2) is 42.5 Å². The Labute approximate surface area is 98.3 Å². The number of hydrogen-bond donors (Lipinski definition) is 1. The minimum absolute atomic E-state index is 0.768. The summed E-state index contributed by atoms with van der Waals surface area (Å²) >= 11 is 0. The SMILES string of the molecule is C=C(C)CCNCCCOc1ccccc1. The molecule has 0 unspecified atom stereocenters. The predicted octanol–water partition coefficient (Wildman–Crippen LogP) is 3.01. The monoisotopic (exact) mass is 219 g/mol. The average Bonchev–Trinajstić information content (AvgIpc) is 2.29. The van der Waals surface area contributed by atoms with Gasteiger partial charge >= 0.3 is 0 Å². The van der Waals surface area contributed by atoms with Crippen LogP contribution in [0.5, 0.6) is 5.75 Å². The van der Waals surface area contributed by atoms with Crippen molar-refractivity contribution in [2.75, 3.05) is 19.7 Å². The normalized spacial score (nSPS) is 10.1. The summed E-state index contributed by atoms with van der Waals surface area (Å²) in [7, 11) is 0. The molecule has 0 aromatic heterocycles. The number of nitrogens with one attached hydrogen (secondary N) is 1. The van der Waals surface area contributed by atoms with E-state index in [-0.39, 0.29) is 0 Å². The first kappa shape index (κ1) is 12.8. The lowest BCUT2D eigenvalue weighted by molar-refractivity contribution is 0.308. The molecule has 0 spiro atoms. The van der Waals surface area contributed by atoms with Crippen LogP contribution >= 0.6 is 0 Å². The zero-order chi connectivity index (χ0) is 11.6. The van der Waals surface area contributed by atoms with Crippen molar-refractivity contribution < 1.29 is 4.74 Å². The van der Waals surface area contributed by atoms with Crippen LogP contribution in [0.3, 0.4) is 0 Å². The van der Waals surface area contributed by atoms with Crippen molar-refractivity contribution in [3.05, 3.63) is 42.5 Å². The van der Waals surface area contributed by atoms with Crippen LogP contribution in [0.4, 0.5) is 0 Å². The van der Waals surface area contributed by atoms with Gasteiger partial charge in [-0.25, -0.2) is 0 Å². The summed E-state index contributed by atoms with van der Waals surface area (Å²) in [5.41, 5.74) is 1.23. The number of para-hydroxylation sites is 1. The molecule has 1 N–H and O–H groups in total. The Hall–Kier alpha value is -1.28. The van der Waals surface area contributed by atoms with Gasteiger partial charge in [-0.3, -0.25) is 0 Å². The van der Waals surface area contributed by atoms with Crippen molar-refractivity contribution in [2.45, 2.75) is 19.8 Å². The zero-order valence-corrected chi connectivity index (χ0v) is 10.0. The van der Waals surface area contributed by atoms with Crippen LogP contribution in [-0.2, 0) is 0 Å². The molecule has 0 saturated carbocycles. The molecule has 1 rings (SSSR count). The van der Waals surface area contributed by atoms with Crippen LogP contribution in [0.25, 0.3) is 0 Å². The van der Waals surface area contributed by atoms with E-state index < -0.39 is 0 Å². The molecule has 0 heterocycles. The summed E-state index contributed by atoms with van der Waals surface area (Å²) < 4.78 is 5.58. The van der Waals surface area contributed by atoms with Crippen molar-refractivity contribution in [1.82, 2.24) is 5.32 Å². The third-order valence-electron chi connectivity index (χ3n) is 2.24. The van der Waals surface area contributed by atoms with Gasteiger partial charge in [0.2, 0.25) is 0 Å². The molecule has 0 amide bonds. The van der Waals surface area contributed by atoms with Crippen molar-refractivity contribution in [3.8, 4) is 5.75 Å². The first-order valence-corrected chi connectivity index (χ1v) is 5.82. The van der Waals surface area contributed by atoms with Gasteiger partial charge in [0.25, 0.3) is 0 Å². The van der Waals surface area contributed by atoms with Crippen molar-refractivity contribution >= 4 is 0 Å². The van der Waals surface area contributed by atoms with Crippen molar-refractivity contribution in [1.29, 1.82) is 0 Å². The van der Waals surface area contributed by atoms with E-state index in [0.29, 0.717) is 0 Å². The lowest BCUT2D eigenvalue weighted by Crippen LogP contribution is -2.18. The Morgan fingerprint density at radius 3 is 2.69 bits per heavy atom. The first-order chi connectivity index (χ1) is 7.79. The summed E-state index contributed by atoms with van der Waals surface area (Å²) in [6.07, 6.45) is 2.09. The molecule has 0 atom stereocenters. The fraction of sp³-hybridized carbons (Fsp3) is 0.429. The van der Waals surface area contributed by atoms with E-state index in [1.54, 1.807) is 0 Å². The number of rotatable bonds is 8. The Bertz CT molecular complexity index is 295. The summed E-state index contributed by atoms with van der Waals surface area (Å²) in [5, 5.41) is 3.36. The molecule has 0 bridgehead atoms. The lowest BCUT2D eigenvalue weighted by Gasteiger charge is -2.06. The molecule has 0 radical (unpaired) electrons. The van der Waals surface area contributed by atoms with E-state index in [2.05, 4.69) is 18.8 Å². The topological polar surface area (TPSA) is 21.3 Å². The highest BCUT2D eigenvalue weighted by Gasteiger charge is 1.92. The van der Waals surface area contributed by atoms with Crippen LogP contribution in [0.1, 0.15) is 19.8 Å². The van der Waals surface area contributed by atoms with Crippen LogP contribution in [0, 0.1) is 0 Å². The van der Waals surface area contributed by atoms with Gasteiger partial charge in [0.15, 0.2) is 0 Å². The quantitative estimate of drug-likeness (QED) is 0.536. The largest absolute Gasteiger partial charge is 0.494 e. The maximum absolute atomic E-state index is 5.58. The molecule has 16 heavy (non-hydrogen) atoms. The van der Waals surface area contributed by atoms with Gasteiger partial charge in [0.05, 0.1) is 6.61 Å². The lowest BCUT2D eigenvalue weighted by atomic mass is 10.2. The van der Waals surface area contributed by atoms with E-state index in [4.69, 9.17) is 4.74 Å². The summed E-state index contributed by atoms with van der Waals surface area (Å²) in [4.78, 5) is 0. The highest BCUT2D eigenvalue weighted by molar-refractivity contribution is 5.20. The molecule has 2 nitrogen and oxygen atoms in total. The fourth-order valence-corrected chi connectivity index (χ4v) is 1.33. The third-order valence-corrected chi connectivity index (χ3v) is 2.24. The molecule has 1 aromatic carbocycles. The minimum atomic E-state index is 0.768. The molecular formula is C14H21NO. The van der Waals surface area contributed by atoms with Gasteiger partial charge in [-0.15, -0.1) is 6.58 Å². The second-order valence-electron chi connectivity index (χ2n) is 3.97. The Morgan fingerprint density at radius 1 is 1.25 bits per heavy atom. The van der Waals surface area contributed by atoms with Gasteiger partial charge in [-0.1, -0.05) is 23.8 Å². The smallest absolute Gasteiger partial charge is 0.119 e. The van der Waals surface area contributed by atoms with E-state index in [0.717, 1.165) is 38.3 Å². The summed E-state index contributed by atoms with van der Waals surface area (Å²) in [6.45, 7) is 8.70. The first-order valence-electron chi connectivity index (χ1n) is 5.82. The molecule has 1 aromatic rings. The molecular weight excluding hydrogens is 198 g/mol. The molecule has 0 fully saturated rings. The Balaban J connectivity index is 1.94. The highest BCUT2D eigenvalue weighted by Crippen LogP contribution is 2.07. The van der Waals surface area contributed by atoms with Crippen molar-refractivity contribution in [2.24, 2.45) is 0 Å². The van der Waals surface area contributed by atoms with E-state index in [1.807, 2.05) is 30.3 Å². The molecule has 0 aliphatic heterocycles. The molecule has 0 saturated heterocycles. The van der Waals surface area contributed by atoms with Gasteiger partial charge in [-0.2, -0.15) is 0 Å². The number of hydrogen-bond acceptors (Lipinski definition) is 2. The maximum atomic E-state index is 5.58. The number of ether oxygens (including phenoxy) is 1. The second kappa shape index (κ2) is 7.94.